The molecule has 178 valence electrons. The molecule has 0 spiro atoms. The second-order valence-electron chi connectivity index (χ2n) is 8.59. The van der Waals surface area contributed by atoms with E-state index in [4.69, 9.17) is 32.7 Å². The number of methoxy groups -OCH3 is 1. The van der Waals surface area contributed by atoms with E-state index >= 15 is 0 Å². The first-order valence-corrected chi connectivity index (χ1v) is 11.6. The Kier molecular flexibility index (Phi) is 5.83. The third-order valence-electron chi connectivity index (χ3n) is 5.58. The summed E-state index contributed by atoms with van der Waals surface area (Å²) in [5.41, 5.74) is 3.63. The van der Waals surface area contributed by atoms with Crippen LogP contribution in [0.1, 0.15) is 19.4 Å². The van der Waals surface area contributed by atoms with E-state index in [0.717, 1.165) is 11.1 Å². The summed E-state index contributed by atoms with van der Waals surface area (Å²) >= 11 is 12.5. The van der Waals surface area contributed by atoms with Gasteiger partial charge < -0.3 is 25.1 Å². The van der Waals surface area contributed by atoms with Gasteiger partial charge in [0.25, 0.3) is 0 Å². The Morgan fingerprint density at radius 3 is 2.74 bits per heavy atom. The molecule has 0 saturated heterocycles. The molecule has 0 saturated carbocycles. The molecule has 2 heterocycles. The standard InChI is InChI=1S/C26H22Cl2N4O3/c1-26(2)12-11-15-21(35-26)10-9-19(23(15)34-3)32-25(33)29-14-7-8-18-20(13-14)31-24(30-18)16-5-4-6-17(27)22(16)28/h4-13H,1-3H3,(H,30,31)(H2,29,32,33). The van der Waals surface area contributed by atoms with Crippen molar-refractivity contribution < 1.29 is 14.3 Å². The molecule has 1 aliphatic heterocycles. The minimum absolute atomic E-state index is 0.410. The number of imidazole rings is 1. The lowest BCUT2D eigenvalue weighted by Gasteiger charge is -2.29. The van der Waals surface area contributed by atoms with Gasteiger partial charge in [-0.15, -0.1) is 0 Å². The Labute approximate surface area is 212 Å². The summed E-state index contributed by atoms with van der Waals surface area (Å²) in [5, 5.41) is 6.57. The van der Waals surface area contributed by atoms with Crippen LogP contribution in [0.4, 0.5) is 16.2 Å². The van der Waals surface area contributed by atoms with Gasteiger partial charge in [0.15, 0.2) is 5.75 Å². The highest BCUT2D eigenvalue weighted by Gasteiger charge is 2.25. The summed E-state index contributed by atoms with van der Waals surface area (Å²) < 4.78 is 11.6. The molecule has 0 bridgehead atoms. The molecule has 0 atom stereocenters. The van der Waals surface area contributed by atoms with Crippen LogP contribution < -0.4 is 20.1 Å². The first-order valence-electron chi connectivity index (χ1n) is 10.9. The number of aromatic nitrogens is 2. The Hall–Kier alpha value is -3.68. The number of nitrogens with zero attached hydrogens (tertiary/aromatic N) is 1. The Bertz CT molecular complexity index is 1490. The van der Waals surface area contributed by atoms with Crippen LogP contribution >= 0.6 is 23.2 Å². The highest BCUT2D eigenvalue weighted by molar-refractivity contribution is 6.43. The van der Waals surface area contributed by atoms with Crippen LogP contribution in [0.3, 0.4) is 0 Å². The largest absolute Gasteiger partial charge is 0.494 e. The number of urea groups is 1. The Morgan fingerprint density at radius 1 is 1.11 bits per heavy atom. The van der Waals surface area contributed by atoms with E-state index in [1.54, 1.807) is 31.4 Å². The maximum Gasteiger partial charge on any atom is 0.323 e. The van der Waals surface area contributed by atoms with Crippen molar-refractivity contribution >= 4 is 57.7 Å². The second-order valence-corrected chi connectivity index (χ2v) is 9.38. The number of carbonyl (C=O) groups excluding carboxylic acids is 1. The number of benzene rings is 3. The van der Waals surface area contributed by atoms with E-state index in [1.165, 1.54) is 0 Å². The molecule has 4 aromatic rings. The van der Waals surface area contributed by atoms with Crippen molar-refractivity contribution in [2.24, 2.45) is 0 Å². The number of H-pyrrole nitrogens is 1. The van der Waals surface area contributed by atoms with E-state index in [-0.39, 0.29) is 0 Å². The number of carbonyl (C=O) groups is 1. The molecule has 0 aliphatic carbocycles. The fourth-order valence-corrected chi connectivity index (χ4v) is 4.32. The number of hydrogen-bond acceptors (Lipinski definition) is 4. The molecule has 5 rings (SSSR count). The van der Waals surface area contributed by atoms with E-state index in [0.29, 0.717) is 49.8 Å². The van der Waals surface area contributed by atoms with Gasteiger partial charge in [-0.25, -0.2) is 9.78 Å². The maximum absolute atomic E-state index is 12.8. The van der Waals surface area contributed by atoms with E-state index < -0.39 is 11.6 Å². The number of rotatable bonds is 4. The van der Waals surface area contributed by atoms with Gasteiger partial charge >= 0.3 is 6.03 Å². The third kappa shape index (κ3) is 4.52. The van der Waals surface area contributed by atoms with Gasteiger partial charge in [0, 0.05) is 11.3 Å². The molecule has 1 aliphatic rings. The molecule has 7 nitrogen and oxygen atoms in total. The van der Waals surface area contributed by atoms with Gasteiger partial charge in [0.2, 0.25) is 0 Å². The zero-order valence-electron chi connectivity index (χ0n) is 19.2. The molecule has 3 aromatic carbocycles. The van der Waals surface area contributed by atoms with Crippen LogP contribution in [0.15, 0.2) is 54.6 Å². The monoisotopic (exact) mass is 508 g/mol. The molecule has 0 fully saturated rings. The summed E-state index contributed by atoms with van der Waals surface area (Å²) in [6.07, 6.45) is 3.89. The first kappa shape index (κ1) is 23.1. The summed E-state index contributed by atoms with van der Waals surface area (Å²) in [4.78, 5) is 20.6. The SMILES string of the molecule is COc1c(NC(=O)Nc2ccc3[nH]c(-c4cccc(Cl)c4Cl)nc3c2)ccc2c1C=CC(C)(C)O2. The second kappa shape index (κ2) is 8.83. The molecule has 2 amide bonds. The lowest BCUT2D eigenvalue weighted by molar-refractivity contribution is 0.158. The smallest absolute Gasteiger partial charge is 0.323 e. The normalized spacial score (nSPS) is 13.7. The van der Waals surface area contributed by atoms with E-state index in [1.807, 2.05) is 50.3 Å². The summed E-state index contributed by atoms with van der Waals surface area (Å²) in [7, 11) is 1.56. The molecule has 35 heavy (non-hydrogen) atoms. The quantitative estimate of drug-likeness (QED) is 0.268. The molecule has 1 aromatic heterocycles. The van der Waals surface area contributed by atoms with Crippen molar-refractivity contribution in [3.05, 3.63) is 70.2 Å². The predicted molar refractivity (Wildman–Crippen MR) is 141 cm³/mol. The number of hydrogen-bond donors (Lipinski definition) is 3. The number of fused-ring (bicyclic) bond motifs is 2. The van der Waals surface area contributed by atoms with Crippen molar-refractivity contribution in [2.45, 2.75) is 19.4 Å². The molecule has 9 heteroatoms. The number of halogens is 2. The summed E-state index contributed by atoms with van der Waals surface area (Å²) in [6.45, 7) is 3.95. The molecular weight excluding hydrogens is 487 g/mol. The maximum atomic E-state index is 12.8. The minimum atomic E-state index is -0.419. The average molecular weight is 509 g/mol. The van der Waals surface area contributed by atoms with Crippen LogP contribution in [0.5, 0.6) is 11.5 Å². The third-order valence-corrected chi connectivity index (χ3v) is 6.40. The lowest BCUT2D eigenvalue weighted by atomic mass is 10.0. The van der Waals surface area contributed by atoms with Gasteiger partial charge in [-0.05, 0) is 68.5 Å². The fraction of sp³-hybridized carbons (Fsp3) is 0.154. The summed E-state index contributed by atoms with van der Waals surface area (Å²) in [6, 6.07) is 13.9. The highest BCUT2D eigenvalue weighted by atomic mass is 35.5. The fourth-order valence-electron chi connectivity index (χ4n) is 3.93. The van der Waals surface area contributed by atoms with Crippen molar-refractivity contribution in [1.29, 1.82) is 0 Å². The van der Waals surface area contributed by atoms with E-state index in [9.17, 15) is 4.79 Å². The van der Waals surface area contributed by atoms with Crippen LogP contribution in [0.25, 0.3) is 28.5 Å². The number of amides is 2. The first-order chi connectivity index (χ1) is 16.7. The van der Waals surface area contributed by atoms with Gasteiger partial charge in [-0.2, -0.15) is 0 Å². The number of ether oxygens (including phenoxy) is 2. The van der Waals surface area contributed by atoms with Crippen molar-refractivity contribution in [3.8, 4) is 22.9 Å². The molecule has 0 radical (unpaired) electrons. The van der Waals surface area contributed by atoms with Crippen LogP contribution in [0, 0.1) is 0 Å². The Morgan fingerprint density at radius 2 is 1.94 bits per heavy atom. The van der Waals surface area contributed by atoms with Gasteiger partial charge in [-0.1, -0.05) is 29.3 Å². The number of nitrogens with one attached hydrogen (secondary N) is 3. The van der Waals surface area contributed by atoms with Gasteiger partial charge in [-0.3, -0.25) is 0 Å². The lowest BCUT2D eigenvalue weighted by Crippen LogP contribution is -2.27. The van der Waals surface area contributed by atoms with Crippen LogP contribution in [0.2, 0.25) is 10.0 Å². The molecule has 0 unspecified atom stereocenters. The van der Waals surface area contributed by atoms with E-state index in [2.05, 4.69) is 20.6 Å². The van der Waals surface area contributed by atoms with Gasteiger partial charge in [0.05, 0.1) is 39.4 Å². The zero-order chi connectivity index (χ0) is 24.7. The number of anilines is 2. The van der Waals surface area contributed by atoms with Gasteiger partial charge in [0.1, 0.15) is 17.2 Å². The number of aromatic amines is 1. The minimum Gasteiger partial charge on any atom is -0.494 e. The highest BCUT2D eigenvalue weighted by Crippen LogP contribution is 2.41. The zero-order valence-corrected chi connectivity index (χ0v) is 20.7. The van der Waals surface area contributed by atoms with Crippen molar-refractivity contribution in [2.75, 3.05) is 17.7 Å². The molecular formula is C26H22Cl2N4O3. The Balaban J connectivity index is 1.36. The van der Waals surface area contributed by atoms with Crippen molar-refractivity contribution in [1.82, 2.24) is 9.97 Å². The average Bonchev–Trinajstić information content (AvgIpc) is 3.23. The van der Waals surface area contributed by atoms with Crippen molar-refractivity contribution in [3.63, 3.8) is 0 Å². The predicted octanol–water partition coefficient (Wildman–Crippen LogP) is 7.37. The molecule has 3 N–H and O–H groups in total. The van der Waals surface area contributed by atoms with Crippen LogP contribution in [-0.4, -0.2) is 28.7 Å². The summed E-state index contributed by atoms with van der Waals surface area (Å²) in [5.74, 6) is 1.81. The topological polar surface area (TPSA) is 88.3 Å². The van der Waals surface area contributed by atoms with Crippen LogP contribution in [-0.2, 0) is 0 Å².